The van der Waals surface area contributed by atoms with Crippen LogP contribution in [0.4, 0.5) is 8.78 Å². The van der Waals surface area contributed by atoms with Gasteiger partial charge in [0.05, 0.1) is 12.0 Å². The smallest absolute Gasteiger partial charge is 0.307 e. The van der Waals surface area contributed by atoms with Crippen molar-refractivity contribution in [1.29, 1.82) is 0 Å². The molecule has 18 heavy (non-hydrogen) atoms. The van der Waals surface area contributed by atoms with E-state index < -0.39 is 17.3 Å². The minimum absolute atomic E-state index is 0.113. The van der Waals surface area contributed by atoms with Gasteiger partial charge < -0.3 is 9.63 Å². The second-order valence-electron chi connectivity index (χ2n) is 5.76. The molecule has 100 valence electrons. The molecule has 2 fully saturated rings. The van der Waals surface area contributed by atoms with Gasteiger partial charge in [-0.05, 0) is 37.5 Å². The quantitative estimate of drug-likeness (QED) is 0.903. The van der Waals surface area contributed by atoms with Crippen LogP contribution >= 0.6 is 0 Å². The van der Waals surface area contributed by atoms with Gasteiger partial charge in [-0.2, -0.15) is 13.8 Å². The van der Waals surface area contributed by atoms with Crippen LogP contribution in [0.15, 0.2) is 4.52 Å². The first-order valence-corrected chi connectivity index (χ1v) is 6.30. The molecule has 4 nitrogen and oxygen atoms in total. The lowest BCUT2D eigenvalue weighted by Gasteiger charge is -2.30. The molecule has 0 aliphatic heterocycles. The normalized spacial score (nSPS) is 35.3. The first kappa shape index (κ1) is 12.0. The molecule has 1 N–H and O–H groups in total. The molecule has 0 spiro atoms. The zero-order valence-electron chi connectivity index (χ0n) is 10.2. The molecule has 0 radical (unpaired) electrons. The number of aromatic nitrogens is 2. The Morgan fingerprint density at radius 1 is 1.50 bits per heavy atom. The summed E-state index contributed by atoms with van der Waals surface area (Å²) in [6.07, 6.45) is 4.11. The van der Waals surface area contributed by atoms with E-state index in [0.29, 0.717) is 5.92 Å². The number of hydrogen-bond acceptors (Lipinski definition) is 4. The number of halogens is 2. The van der Waals surface area contributed by atoms with E-state index in [1.807, 2.05) is 0 Å². The van der Waals surface area contributed by atoms with E-state index in [9.17, 15) is 13.9 Å². The van der Waals surface area contributed by atoms with Crippen LogP contribution in [0.1, 0.15) is 44.3 Å². The summed E-state index contributed by atoms with van der Waals surface area (Å²) in [7, 11) is 0. The molecule has 6 heteroatoms. The summed E-state index contributed by atoms with van der Waals surface area (Å²) in [5.41, 5.74) is -0.838. The topological polar surface area (TPSA) is 59.2 Å². The second kappa shape index (κ2) is 3.73. The molecule has 3 rings (SSSR count). The SMILES string of the molecule is CC(F)(F)c1noc(C[C@@]2(O)C[C@H]3CC[C@H]2C3)n1. The van der Waals surface area contributed by atoms with Crippen molar-refractivity contribution in [3.8, 4) is 0 Å². The number of hydrogen-bond donors (Lipinski definition) is 1. The molecule has 0 unspecified atom stereocenters. The van der Waals surface area contributed by atoms with Crippen LogP contribution in [0.25, 0.3) is 0 Å². The van der Waals surface area contributed by atoms with Crippen LogP contribution in [0.2, 0.25) is 0 Å². The van der Waals surface area contributed by atoms with Crippen LogP contribution in [0.5, 0.6) is 0 Å². The Labute approximate surface area is 103 Å². The van der Waals surface area contributed by atoms with Crippen molar-refractivity contribution in [1.82, 2.24) is 10.1 Å². The fourth-order valence-electron chi connectivity index (χ4n) is 3.40. The summed E-state index contributed by atoms with van der Waals surface area (Å²) in [5, 5.41) is 13.8. The lowest BCUT2D eigenvalue weighted by molar-refractivity contribution is -0.0184. The van der Waals surface area contributed by atoms with Crippen molar-refractivity contribution in [2.24, 2.45) is 11.8 Å². The van der Waals surface area contributed by atoms with Gasteiger partial charge in [-0.25, -0.2) is 0 Å². The van der Waals surface area contributed by atoms with E-state index in [4.69, 9.17) is 4.52 Å². The van der Waals surface area contributed by atoms with E-state index >= 15 is 0 Å². The first-order chi connectivity index (χ1) is 8.37. The van der Waals surface area contributed by atoms with Gasteiger partial charge in [-0.3, -0.25) is 0 Å². The molecule has 1 heterocycles. The van der Waals surface area contributed by atoms with E-state index in [1.165, 1.54) is 0 Å². The minimum atomic E-state index is -3.10. The van der Waals surface area contributed by atoms with E-state index in [0.717, 1.165) is 32.6 Å². The third-order valence-electron chi connectivity index (χ3n) is 4.26. The van der Waals surface area contributed by atoms with Crippen LogP contribution in [0, 0.1) is 11.8 Å². The zero-order valence-corrected chi connectivity index (χ0v) is 10.2. The van der Waals surface area contributed by atoms with Crippen LogP contribution in [-0.2, 0) is 12.3 Å². The standard InChI is InChI=1S/C12H16F2N2O2/c1-11(13,14)10-15-9(18-16-10)6-12(17)5-7-2-3-8(12)4-7/h7-8,17H,2-6H2,1H3/t7-,8-,12-/m0/s1. The van der Waals surface area contributed by atoms with E-state index in [2.05, 4.69) is 10.1 Å². The van der Waals surface area contributed by atoms with Crippen molar-refractivity contribution < 1.29 is 18.4 Å². The summed E-state index contributed by atoms with van der Waals surface area (Å²) in [5.74, 6) is -2.78. The molecule has 3 atom stereocenters. The Bertz CT molecular complexity index is 457. The Morgan fingerprint density at radius 3 is 2.78 bits per heavy atom. The number of alkyl halides is 2. The van der Waals surface area contributed by atoms with Crippen molar-refractivity contribution in [3.63, 3.8) is 0 Å². The number of rotatable bonds is 3. The molecule has 1 aromatic heterocycles. The van der Waals surface area contributed by atoms with E-state index in [1.54, 1.807) is 0 Å². The summed E-state index contributed by atoms with van der Waals surface area (Å²) in [4.78, 5) is 3.69. The Hall–Kier alpha value is -1.04. The Kier molecular flexibility index (Phi) is 2.49. The Balaban J connectivity index is 1.75. The maximum Gasteiger partial charge on any atom is 0.307 e. The molecule has 2 bridgehead atoms. The molecular weight excluding hydrogens is 242 g/mol. The highest BCUT2D eigenvalue weighted by Gasteiger charge is 2.50. The first-order valence-electron chi connectivity index (χ1n) is 6.30. The average Bonchev–Trinajstić information content (AvgIpc) is 2.90. The maximum absolute atomic E-state index is 13.0. The van der Waals surface area contributed by atoms with Crippen molar-refractivity contribution in [2.75, 3.05) is 0 Å². The van der Waals surface area contributed by atoms with Gasteiger partial charge >= 0.3 is 5.92 Å². The lowest BCUT2D eigenvalue weighted by atomic mass is 9.82. The van der Waals surface area contributed by atoms with Gasteiger partial charge in [0.1, 0.15) is 0 Å². The fraction of sp³-hybridized carbons (Fsp3) is 0.833. The molecule has 2 saturated carbocycles. The van der Waals surface area contributed by atoms with Crippen molar-refractivity contribution >= 4 is 0 Å². The van der Waals surface area contributed by atoms with Gasteiger partial charge in [-0.15, -0.1) is 0 Å². The summed E-state index contributed by atoms with van der Waals surface area (Å²) < 4.78 is 30.8. The van der Waals surface area contributed by atoms with E-state index in [-0.39, 0.29) is 18.2 Å². The third kappa shape index (κ3) is 1.92. The third-order valence-corrected chi connectivity index (χ3v) is 4.26. The van der Waals surface area contributed by atoms with Crippen LogP contribution in [-0.4, -0.2) is 20.8 Å². The minimum Gasteiger partial charge on any atom is -0.389 e. The Morgan fingerprint density at radius 2 is 2.28 bits per heavy atom. The van der Waals surface area contributed by atoms with Gasteiger partial charge in [0.2, 0.25) is 11.7 Å². The van der Waals surface area contributed by atoms with Crippen molar-refractivity contribution in [3.05, 3.63) is 11.7 Å². The van der Waals surface area contributed by atoms with Crippen molar-refractivity contribution in [2.45, 2.75) is 50.6 Å². The largest absolute Gasteiger partial charge is 0.389 e. The second-order valence-corrected chi connectivity index (χ2v) is 5.76. The van der Waals surface area contributed by atoms with Gasteiger partial charge in [0, 0.05) is 6.92 Å². The van der Waals surface area contributed by atoms with Crippen LogP contribution < -0.4 is 0 Å². The average molecular weight is 258 g/mol. The molecular formula is C12H16F2N2O2. The maximum atomic E-state index is 13.0. The van der Waals surface area contributed by atoms with Crippen LogP contribution in [0.3, 0.4) is 0 Å². The molecule has 2 aliphatic carbocycles. The highest BCUT2D eigenvalue weighted by molar-refractivity contribution is 5.06. The van der Waals surface area contributed by atoms with Gasteiger partial charge in [-0.1, -0.05) is 5.16 Å². The summed E-state index contributed by atoms with van der Waals surface area (Å²) >= 11 is 0. The van der Waals surface area contributed by atoms with Gasteiger partial charge in [0.15, 0.2) is 0 Å². The monoisotopic (exact) mass is 258 g/mol. The number of aliphatic hydroxyl groups is 1. The molecule has 2 aliphatic rings. The molecule has 1 aromatic rings. The predicted molar refractivity (Wildman–Crippen MR) is 58.0 cm³/mol. The van der Waals surface area contributed by atoms with Gasteiger partial charge in [0.25, 0.3) is 0 Å². The predicted octanol–water partition coefficient (Wildman–Crippen LogP) is 2.27. The molecule has 0 aromatic carbocycles. The number of nitrogens with zero attached hydrogens (tertiary/aromatic N) is 2. The highest BCUT2D eigenvalue weighted by atomic mass is 19.3. The summed E-state index contributed by atoms with van der Waals surface area (Å²) in [6, 6.07) is 0. The number of fused-ring (bicyclic) bond motifs is 2. The lowest BCUT2D eigenvalue weighted by Crippen LogP contribution is -2.37. The fourth-order valence-corrected chi connectivity index (χ4v) is 3.40. The summed E-state index contributed by atoms with van der Waals surface area (Å²) in [6.45, 7) is 0.730. The zero-order chi connectivity index (χ0) is 13.0. The molecule has 0 saturated heterocycles. The molecule has 0 amide bonds. The highest BCUT2D eigenvalue weighted by Crippen LogP contribution is 2.51.